The molecule has 0 saturated carbocycles. The number of hydrogen-bond donors (Lipinski definition) is 0. The van der Waals surface area contributed by atoms with E-state index in [2.05, 4.69) is 11.2 Å². The quantitative estimate of drug-likeness (QED) is 0.717. The first kappa shape index (κ1) is 9.69. The Labute approximate surface area is 86.0 Å². The SMILES string of the molecule is [C-]1=C(n2cccn2)CCCC1.[Ir]. The summed E-state index contributed by atoms with van der Waals surface area (Å²) in [7, 11) is 0. The van der Waals surface area contributed by atoms with Gasteiger partial charge in [0.2, 0.25) is 0 Å². The number of allylic oxidation sites excluding steroid dienone is 2. The Balaban J connectivity index is 0.000000720. The minimum absolute atomic E-state index is 0. The maximum absolute atomic E-state index is 4.16. The van der Waals surface area contributed by atoms with Crippen LogP contribution in [0.25, 0.3) is 5.70 Å². The monoisotopic (exact) mass is 340 g/mol. The van der Waals surface area contributed by atoms with Crippen LogP contribution in [0.4, 0.5) is 0 Å². The Morgan fingerprint density at radius 3 is 2.92 bits per heavy atom. The summed E-state index contributed by atoms with van der Waals surface area (Å²) >= 11 is 0. The molecule has 2 nitrogen and oxygen atoms in total. The molecule has 1 radical (unpaired) electrons. The summed E-state index contributed by atoms with van der Waals surface area (Å²) in [5, 5.41) is 4.16. The van der Waals surface area contributed by atoms with Crippen molar-refractivity contribution in [3.63, 3.8) is 0 Å². The van der Waals surface area contributed by atoms with E-state index in [-0.39, 0.29) is 20.1 Å². The zero-order chi connectivity index (χ0) is 7.52. The molecule has 1 aromatic rings. The Hall–Kier alpha value is -0.401. The van der Waals surface area contributed by atoms with Crippen molar-refractivity contribution in [1.82, 2.24) is 9.78 Å². The third kappa shape index (κ3) is 2.05. The van der Waals surface area contributed by atoms with Crippen molar-refractivity contribution in [2.45, 2.75) is 25.7 Å². The minimum atomic E-state index is 0. The van der Waals surface area contributed by atoms with E-state index in [1.54, 1.807) is 0 Å². The van der Waals surface area contributed by atoms with Gasteiger partial charge in [-0.2, -0.15) is 11.5 Å². The zero-order valence-electron chi connectivity index (χ0n) is 6.79. The van der Waals surface area contributed by atoms with Gasteiger partial charge in [0.1, 0.15) is 0 Å². The molecule has 0 amide bonds. The van der Waals surface area contributed by atoms with Gasteiger partial charge in [-0.1, -0.05) is 12.8 Å². The van der Waals surface area contributed by atoms with Crippen molar-refractivity contribution in [1.29, 1.82) is 0 Å². The molecule has 12 heavy (non-hydrogen) atoms. The van der Waals surface area contributed by atoms with Gasteiger partial charge in [-0.25, -0.2) is 0 Å². The van der Waals surface area contributed by atoms with E-state index >= 15 is 0 Å². The molecule has 0 atom stereocenters. The summed E-state index contributed by atoms with van der Waals surface area (Å²) in [6.45, 7) is 0. The molecule has 0 saturated heterocycles. The van der Waals surface area contributed by atoms with Crippen LogP contribution in [0.5, 0.6) is 0 Å². The van der Waals surface area contributed by atoms with E-state index in [9.17, 15) is 0 Å². The second-order valence-electron chi connectivity index (χ2n) is 2.78. The van der Waals surface area contributed by atoms with Crippen LogP contribution in [0.1, 0.15) is 25.7 Å². The van der Waals surface area contributed by atoms with Gasteiger partial charge in [-0.3, -0.25) is 4.68 Å². The van der Waals surface area contributed by atoms with Crippen LogP contribution in [0, 0.1) is 6.08 Å². The Bertz CT molecular complexity index is 252. The first-order valence-electron chi connectivity index (χ1n) is 4.06. The molecule has 0 bridgehead atoms. The Kier molecular flexibility index (Phi) is 3.70. The van der Waals surface area contributed by atoms with Crippen molar-refractivity contribution in [2.75, 3.05) is 0 Å². The molecule has 3 heteroatoms. The predicted molar refractivity (Wildman–Crippen MR) is 43.6 cm³/mol. The first-order valence-corrected chi connectivity index (χ1v) is 4.06. The van der Waals surface area contributed by atoms with Crippen LogP contribution < -0.4 is 0 Å². The number of nitrogens with zero attached hydrogens (tertiary/aromatic N) is 2. The number of hydrogen-bond acceptors (Lipinski definition) is 1. The van der Waals surface area contributed by atoms with Crippen molar-refractivity contribution in [3.8, 4) is 0 Å². The van der Waals surface area contributed by atoms with E-state index in [4.69, 9.17) is 0 Å². The largest absolute Gasteiger partial charge is 0.473 e. The standard InChI is InChI=1S/C9H11N2.Ir/c1-2-5-9(6-3-1)11-8-4-7-10-11;/h4,7-8H,1-3,5H2;/q-1;. The fraction of sp³-hybridized carbons (Fsp3) is 0.444. The summed E-state index contributed by atoms with van der Waals surface area (Å²) in [6.07, 6.45) is 11.9. The number of aromatic nitrogens is 2. The van der Waals surface area contributed by atoms with Crippen molar-refractivity contribution >= 4 is 5.70 Å². The summed E-state index contributed by atoms with van der Waals surface area (Å²) in [5.74, 6) is 0. The molecule has 2 rings (SSSR count). The van der Waals surface area contributed by atoms with Gasteiger partial charge in [0.05, 0.1) is 0 Å². The van der Waals surface area contributed by atoms with Crippen LogP contribution in [-0.2, 0) is 20.1 Å². The Morgan fingerprint density at radius 1 is 1.42 bits per heavy atom. The Morgan fingerprint density at radius 2 is 2.33 bits per heavy atom. The average molecular weight is 339 g/mol. The summed E-state index contributed by atoms with van der Waals surface area (Å²) in [5.41, 5.74) is 1.24. The van der Waals surface area contributed by atoms with Crippen LogP contribution in [0.15, 0.2) is 18.5 Å². The van der Waals surface area contributed by atoms with Crippen LogP contribution in [-0.4, -0.2) is 9.78 Å². The van der Waals surface area contributed by atoms with E-state index in [1.165, 1.54) is 18.5 Å². The molecule has 1 aliphatic carbocycles. The summed E-state index contributed by atoms with van der Waals surface area (Å²) in [6, 6.07) is 1.95. The topological polar surface area (TPSA) is 17.8 Å². The normalized spacial score (nSPS) is 16.5. The minimum Gasteiger partial charge on any atom is -0.473 e. The van der Waals surface area contributed by atoms with Crippen LogP contribution in [0.3, 0.4) is 0 Å². The molecular weight excluding hydrogens is 328 g/mol. The molecule has 0 unspecified atom stereocenters. The molecule has 1 heterocycles. The van der Waals surface area contributed by atoms with Gasteiger partial charge in [-0.05, 0) is 12.5 Å². The molecular formula is C9H11IrN2-. The maximum Gasteiger partial charge on any atom is 0.0492 e. The second-order valence-corrected chi connectivity index (χ2v) is 2.78. The van der Waals surface area contributed by atoms with E-state index in [0.717, 1.165) is 12.8 Å². The predicted octanol–water partition coefficient (Wildman–Crippen LogP) is 2.10. The third-order valence-electron chi connectivity index (χ3n) is 1.95. The van der Waals surface area contributed by atoms with E-state index in [1.807, 2.05) is 23.1 Å². The first-order chi connectivity index (χ1) is 5.47. The molecule has 1 aromatic heterocycles. The van der Waals surface area contributed by atoms with Gasteiger partial charge >= 0.3 is 0 Å². The molecule has 0 spiro atoms. The van der Waals surface area contributed by atoms with Crippen molar-refractivity contribution < 1.29 is 20.1 Å². The van der Waals surface area contributed by atoms with Crippen LogP contribution >= 0.6 is 0 Å². The van der Waals surface area contributed by atoms with Gasteiger partial charge in [0, 0.05) is 32.5 Å². The molecule has 67 valence electrons. The molecule has 0 aromatic carbocycles. The van der Waals surface area contributed by atoms with Gasteiger partial charge in [0.15, 0.2) is 0 Å². The summed E-state index contributed by atoms with van der Waals surface area (Å²) in [4.78, 5) is 0. The van der Waals surface area contributed by atoms with E-state index < -0.39 is 0 Å². The fourth-order valence-corrected chi connectivity index (χ4v) is 1.36. The second kappa shape index (κ2) is 4.58. The molecule has 0 aliphatic heterocycles. The molecule has 0 fully saturated rings. The zero-order valence-corrected chi connectivity index (χ0v) is 9.18. The maximum atomic E-state index is 4.16. The molecule has 0 N–H and O–H groups in total. The van der Waals surface area contributed by atoms with Gasteiger partial charge in [-0.15, -0.1) is 5.70 Å². The van der Waals surface area contributed by atoms with Crippen LogP contribution in [0.2, 0.25) is 0 Å². The third-order valence-corrected chi connectivity index (χ3v) is 1.95. The summed E-state index contributed by atoms with van der Waals surface area (Å²) < 4.78 is 1.92. The average Bonchev–Trinajstić information content (AvgIpc) is 2.58. The van der Waals surface area contributed by atoms with Crippen molar-refractivity contribution in [3.05, 3.63) is 24.5 Å². The van der Waals surface area contributed by atoms with E-state index in [0.29, 0.717) is 0 Å². The smallest absolute Gasteiger partial charge is 0.0492 e. The van der Waals surface area contributed by atoms with Gasteiger partial charge in [0.25, 0.3) is 0 Å². The van der Waals surface area contributed by atoms with Gasteiger partial charge < -0.3 is 6.08 Å². The fourth-order valence-electron chi connectivity index (χ4n) is 1.36. The number of rotatable bonds is 1. The van der Waals surface area contributed by atoms with Crippen molar-refractivity contribution in [2.24, 2.45) is 0 Å². The molecule has 1 aliphatic rings.